The molecule has 0 bridgehead atoms. The van der Waals surface area contributed by atoms with E-state index in [0.717, 1.165) is 65.7 Å². The molecule has 0 aliphatic rings. The van der Waals surface area contributed by atoms with Crippen LogP contribution in [0.3, 0.4) is 0 Å². The largest absolute Gasteiger partial charge is 0.507 e. The highest BCUT2D eigenvalue weighted by Gasteiger charge is 2.15. The van der Waals surface area contributed by atoms with Crippen molar-refractivity contribution in [3.63, 3.8) is 0 Å². The van der Waals surface area contributed by atoms with E-state index < -0.39 is 0 Å². The predicted molar refractivity (Wildman–Crippen MR) is 160 cm³/mol. The van der Waals surface area contributed by atoms with Crippen LogP contribution in [0, 0.1) is 0 Å². The molecule has 0 radical (unpaired) electrons. The number of phenolic OH excluding ortho intramolecular Hbond substituents is 3. The van der Waals surface area contributed by atoms with Gasteiger partial charge in [0.2, 0.25) is 0 Å². The Morgan fingerprint density at radius 1 is 0.282 bits per heavy atom. The van der Waals surface area contributed by atoms with Crippen LogP contribution in [0.5, 0.6) is 17.2 Å². The zero-order chi connectivity index (χ0) is 26.5. The summed E-state index contributed by atoms with van der Waals surface area (Å²) in [6, 6.07) is 41.3. The lowest BCUT2D eigenvalue weighted by atomic mass is 9.88. The molecule has 0 spiro atoms. The quantitative estimate of drug-likeness (QED) is 0.225. The van der Waals surface area contributed by atoms with Crippen molar-refractivity contribution >= 4 is 32.3 Å². The highest BCUT2D eigenvalue weighted by molar-refractivity contribution is 6.06. The van der Waals surface area contributed by atoms with Crippen molar-refractivity contribution in [3.8, 4) is 50.6 Å². The second-order valence-electron chi connectivity index (χ2n) is 9.83. The lowest BCUT2D eigenvalue weighted by molar-refractivity contribution is 0.481. The minimum atomic E-state index is 0.250. The van der Waals surface area contributed by atoms with E-state index in [0.29, 0.717) is 0 Å². The Kier molecular flexibility index (Phi) is 5.24. The standard InChI is InChI=1S/C36H24O3/c37-34-16-13-25(28-7-1-4-10-31(28)34)22-19-23(26-14-17-35(38)32-11-5-2-8-29(26)32)21-24(20-22)27-15-18-36(39)33-12-6-3-9-30(27)33/h1-21,37-39H. The maximum atomic E-state index is 10.5. The number of aromatic hydroxyl groups is 3. The molecule has 0 aliphatic carbocycles. The Bertz CT molecular complexity index is 1810. The maximum Gasteiger partial charge on any atom is 0.123 e. The van der Waals surface area contributed by atoms with Crippen molar-refractivity contribution in [1.82, 2.24) is 0 Å². The van der Waals surface area contributed by atoms with Crippen LogP contribution in [-0.2, 0) is 0 Å². The van der Waals surface area contributed by atoms with Crippen LogP contribution >= 0.6 is 0 Å². The van der Waals surface area contributed by atoms with Crippen molar-refractivity contribution in [2.45, 2.75) is 0 Å². The van der Waals surface area contributed by atoms with E-state index in [1.807, 2.05) is 91.0 Å². The number of phenols is 3. The van der Waals surface area contributed by atoms with Crippen LogP contribution in [0.1, 0.15) is 0 Å². The highest BCUT2D eigenvalue weighted by Crippen LogP contribution is 2.42. The Labute approximate surface area is 225 Å². The van der Waals surface area contributed by atoms with Crippen LogP contribution < -0.4 is 0 Å². The molecule has 0 aliphatic heterocycles. The van der Waals surface area contributed by atoms with Gasteiger partial charge in [-0.25, -0.2) is 0 Å². The van der Waals surface area contributed by atoms with E-state index in [-0.39, 0.29) is 17.2 Å². The molecule has 0 saturated carbocycles. The van der Waals surface area contributed by atoms with Crippen LogP contribution in [0.25, 0.3) is 65.7 Å². The fraction of sp³-hybridized carbons (Fsp3) is 0. The molecule has 3 nitrogen and oxygen atoms in total. The second-order valence-corrected chi connectivity index (χ2v) is 9.83. The minimum Gasteiger partial charge on any atom is -0.507 e. The molecule has 3 heteroatoms. The first-order valence-electron chi connectivity index (χ1n) is 12.9. The normalized spacial score (nSPS) is 11.4. The van der Waals surface area contributed by atoms with Crippen molar-refractivity contribution < 1.29 is 15.3 Å². The van der Waals surface area contributed by atoms with E-state index >= 15 is 0 Å². The number of benzene rings is 7. The molecule has 3 N–H and O–H groups in total. The van der Waals surface area contributed by atoms with E-state index in [9.17, 15) is 15.3 Å². The van der Waals surface area contributed by atoms with E-state index in [4.69, 9.17) is 0 Å². The third-order valence-electron chi connectivity index (χ3n) is 7.57. The monoisotopic (exact) mass is 504 g/mol. The van der Waals surface area contributed by atoms with Gasteiger partial charge in [0.15, 0.2) is 0 Å². The lowest BCUT2D eigenvalue weighted by Crippen LogP contribution is -1.90. The molecule has 0 unspecified atom stereocenters. The van der Waals surface area contributed by atoms with E-state index in [1.165, 1.54) is 0 Å². The van der Waals surface area contributed by atoms with Crippen molar-refractivity contribution in [2.75, 3.05) is 0 Å². The van der Waals surface area contributed by atoms with Crippen LogP contribution in [-0.4, -0.2) is 15.3 Å². The average molecular weight is 505 g/mol. The third-order valence-corrected chi connectivity index (χ3v) is 7.57. The SMILES string of the molecule is Oc1ccc(-c2cc(-c3ccc(O)c4ccccc34)cc(-c3ccc(O)c4ccccc34)c2)c2ccccc12. The molecule has 0 saturated heterocycles. The first-order chi connectivity index (χ1) is 19.1. The summed E-state index contributed by atoms with van der Waals surface area (Å²) in [6.45, 7) is 0. The summed E-state index contributed by atoms with van der Waals surface area (Å²) in [5.74, 6) is 0.749. The second kappa shape index (κ2) is 8.93. The Balaban J connectivity index is 1.57. The van der Waals surface area contributed by atoms with Crippen molar-refractivity contribution in [1.29, 1.82) is 0 Å². The van der Waals surface area contributed by atoms with Gasteiger partial charge in [-0.2, -0.15) is 0 Å². The maximum absolute atomic E-state index is 10.5. The predicted octanol–water partition coefficient (Wildman–Crippen LogP) is 9.26. The van der Waals surface area contributed by atoms with Gasteiger partial charge < -0.3 is 15.3 Å². The summed E-state index contributed by atoms with van der Waals surface area (Å²) in [4.78, 5) is 0. The Hall–Kier alpha value is -5.28. The van der Waals surface area contributed by atoms with Crippen LogP contribution in [0.15, 0.2) is 127 Å². The lowest BCUT2D eigenvalue weighted by Gasteiger charge is -2.16. The summed E-state index contributed by atoms with van der Waals surface area (Å²) in [6.07, 6.45) is 0. The molecule has 186 valence electrons. The molecule has 7 rings (SSSR count). The number of rotatable bonds is 3. The number of hydrogen-bond donors (Lipinski definition) is 3. The molecule has 7 aromatic carbocycles. The zero-order valence-corrected chi connectivity index (χ0v) is 21.0. The summed E-state index contributed by atoms with van der Waals surface area (Å²) >= 11 is 0. The van der Waals surface area contributed by atoms with Crippen LogP contribution in [0.2, 0.25) is 0 Å². The van der Waals surface area contributed by atoms with Gasteiger partial charge in [0.25, 0.3) is 0 Å². The molecular weight excluding hydrogens is 480 g/mol. The van der Waals surface area contributed by atoms with Gasteiger partial charge in [-0.1, -0.05) is 91.0 Å². The van der Waals surface area contributed by atoms with Gasteiger partial charge in [-0.05, 0) is 85.9 Å². The average Bonchev–Trinajstić information content (AvgIpc) is 2.98. The third kappa shape index (κ3) is 3.75. The van der Waals surface area contributed by atoms with E-state index in [2.05, 4.69) is 18.2 Å². The molecule has 0 aromatic heterocycles. The van der Waals surface area contributed by atoms with Gasteiger partial charge in [-0.3, -0.25) is 0 Å². The van der Waals surface area contributed by atoms with Gasteiger partial charge in [0.05, 0.1) is 0 Å². The summed E-state index contributed by atoms with van der Waals surface area (Å²) in [5.41, 5.74) is 6.06. The summed E-state index contributed by atoms with van der Waals surface area (Å²) in [7, 11) is 0. The van der Waals surface area contributed by atoms with Crippen molar-refractivity contribution in [3.05, 3.63) is 127 Å². The Morgan fingerprint density at radius 2 is 0.538 bits per heavy atom. The fourth-order valence-corrected chi connectivity index (χ4v) is 5.70. The number of hydrogen-bond acceptors (Lipinski definition) is 3. The molecule has 0 fully saturated rings. The fourth-order valence-electron chi connectivity index (χ4n) is 5.70. The molecule has 0 heterocycles. The van der Waals surface area contributed by atoms with Gasteiger partial charge in [-0.15, -0.1) is 0 Å². The highest BCUT2D eigenvalue weighted by atomic mass is 16.3. The smallest absolute Gasteiger partial charge is 0.123 e. The first-order valence-corrected chi connectivity index (χ1v) is 12.9. The zero-order valence-electron chi connectivity index (χ0n) is 21.0. The molecular formula is C36H24O3. The summed E-state index contributed by atoms with van der Waals surface area (Å²) < 4.78 is 0. The van der Waals surface area contributed by atoms with Crippen molar-refractivity contribution in [2.24, 2.45) is 0 Å². The topological polar surface area (TPSA) is 60.7 Å². The first kappa shape index (κ1) is 22.9. The van der Waals surface area contributed by atoms with Crippen LogP contribution in [0.4, 0.5) is 0 Å². The summed E-state index contributed by atoms with van der Waals surface area (Å²) in [5, 5.41) is 36.9. The molecule has 39 heavy (non-hydrogen) atoms. The molecule has 7 aromatic rings. The minimum absolute atomic E-state index is 0.250. The van der Waals surface area contributed by atoms with Gasteiger partial charge in [0.1, 0.15) is 17.2 Å². The molecule has 0 amide bonds. The Morgan fingerprint density at radius 3 is 0.821 bits per heavy atom. The molecule has 0 atom stereocenters. The van der Waals surface area contributed by atoms with E-state index in [1.54, 1.807) is 18.2 Å². The number of fused-ring (bicyclic) bond motifs is 3. The van der Waals surface area contributed by atoms with Gasteiger partial charge in [0, 0.05) is 16.2 Å². The van der Waals surface area contributed by atoms with Gasteiger partial charge >= 0.3 is 0 Å².